The average Bonchev–Trinajstić information content (AvgIpc) is 3.66. The normalized spacial score (nSPS) is 11.9. The van der Waals surface area contributed by atoms with Crippen LogP contribution in [0.4, 0.5) is 0 Å². The Balaban J connectivity index is 0.00000625. The fraction of sp³-hybridized carbons (Fsp3) is 0.476. The predicted molar refractivity (Wildman–Crippen MR) is 202 cm³/mol. The lowest BCUT2D eigenvalue weighted by molar-refractivity contribution is -0.143. The van der Waals surface area contributed by atoms with Gasteiger partial charge in [0.25, 0.3) is 0 Å². The molecule has 0 saturated heterocycles. The highest BCUT2D eigenvalue weighted by molar-refractivity contribution is 7.95. The van der Waals surface area contributed by atoms with E-state index in [1.807, 2.05) is 12.5 Å². The molecule has 0 aliphatic heterocycles. The van der Waals surface area contributed by atoms with Crippen LogP contribution >= 0.6 is 7.26 Å². The van der Waals surface area contributed by atoms with E-state index in [9.17, 15) is 4.79 Å². The summed E-state index contributed by atoms with van der Waals surface area (Å²) in [6.45, 7) is 2.76. The zero-order valence-corrected chi connectivity index (χ0v) is 31.7. The second-order valence-corrected chi connectivity index (χ2v) is 16.6. The molecule has 6 heteroatoms. The van der Waals surface area contributed by atoms with Crippen molar-refractivity contribution in [1.29, 1.82) is 0 Å². The van der Waals surface area contributed by atoms with Gasteiger partial charge in [-0.05, 0) is 55.7 Å². The number of rotatable bonds is 24. The van der Waals surface area contributed by atoms with Gasteiger partial charge in [-0.1, -0.05) is 132 Å². The zero-order valence-electron chi connectivity index (χ0n) is 29.2. The molecule has 0 bridgehead atoms. The molecule has 3 aromatic carbocycles. The zero-order chi connectivity index (χ0) is 32.8. The Morgan fingerprint density at radius 2 is 1.15 bits per heavy atom. The summed E-state index contributed by atoms with van der Waals surface area (Å²) in [5.41, 5.74) is 0. The van der Waals surface area contributed by atoms with Crippen LogP contribution in [0.15, 0.2) is 110 Å². The van der Waals surface area contributed by atoms with Gasteiger partial charge in [0.05, 0.1) is 19.1 Å². The number of carbonyl (C=O) groups excluding carboxylic acids is 1. The number of aromatic nitrogens is 2. The molecule has 4 nitrogen and oxygen atoms in total. The van der Waals surface area contributed by atoms with E-state index in [-0.39, 0.29) is 23.0 Å². The van der Waals surface area contributed by atoms with E-state index in [1.54, 1.807) is 0 Å². The first-order valence-corrected chi connectivity index (χ1v) is 20.4. The quantitative estimate of drug-likeness (QED) is 0.0434. The molecular formula is C42H58BrN2O2P. The lowest BCUT2D eigenvalue weighted by Gasteiger charge is -2.27. The molecule has 260 valence electrons. The van der Waals surface area contributed by atoms with Crippen LogP contribution in [-0.4, -0.2) is 28.3 Å². The molecule has 0 radical (unpaired) electrons. The van der Waals surface area contributed by atoms with Crippen LogP contribution in [0.25, 0.3) is 0 Å². The fourth-order valence-corrected chi connectivity index (χ4v) is 11.2. The fourth-order valence-electron chi connectivity index (χ4n) is 6.89. The van der Waals surface area contributed by atoms with Crippen molar-refractivity contribution in [2.45, 2.75) is 116 Å². The highest BCUT2D eigenvalue weighted by atomic mass is 79.9. The maximum absolute atomic E-state index is 12.6. The van der Waals surface area contributed by atoms with Crippen LogP contribution in [0.1, 0.15) is 116 Å². The minimum Gasteiger partial charge on any atom is -1.00 e. The van der Waals surface area contributed by atoms with Gasteiger partial charge in [-0.25, -0.2) is 4.98 Å². The number of hydrogen-bond donors (Lipinski definition) is 0. The largest absolute Gasteiger partial charge is 1.00 e. The van der Waals surface area contributed by atoms with Gasteiger partial charge in [-0.2, -0.15) is 0 Å². The van der Waals surface area contributed by atoms with Gasteiger partial charge in [-0.15, -0.1) is 0 Å². The van der Waals surface area contributed by atoms with Crippen molar-refractivity contribution in [3.05, 3.63) is 110 Å². The molecule has 0 N–H and O–H groups in total. The van der Waals surface area contributed by atoms with E-state index >= 15 is 0 Å². The SMILES string of the molecule is CCCCCC(CCCCCCCCCCCC(=O)OCCC[P+](c1ccccc1)(c1ccccc1)c1ccccc1)n1ccnc1.[Br-]. The van der Waals surface area contributed by atoms with E-state index in [2.05, 4.69) is 114 Å². The molecule has 0 fully saturated rings. The van der Waals surface area contributed by atoms with Gasteiger partial charge in [-0.3, -0.25) is 4.79 Å². The highest BCUT2D eigenvalue weighted by Crippen LogP contribution is 2.55. The van der Waals surface area contributed by atoms with E-state index in [1.165, 1.54) is 93.0 Å². The van der Waals surface area contributed by atoms with Crippen molar-refractivity contribution in [2.24, 2.45) is 0 Å². The molecule has 1 unspecified atom stereocenters. The van der Waals surface area contributed by atoms with E-state index in [0.717, 1.165) is 25.4 Å². The lowest BCUT2D eigenvalue weighted by Crippen LogP contribution is -3.00. The van der Waals surface area contributed by atoms with E-state index in [4.69, 9.17) is 4.74 Å². The van der Waals surface area contributed by atoms with Crippen molar-refractivity contribution in [3.63, 3.8) is 0 Å². The second kappa shape index (κ2) is 23.6. The van der Waals surface area contributed by atoms with Crippen molar-refractivity contribution < 1.29 is 26.5 Å². The van der Waals surface area contributed by atoms with Crippen LogP contribution in [0.5, 0.6) is 0 Å². The number of carbonyl (C=O) groups is 1. The summed E-state index contributed by atoms with van der Waals surface area (Å²) in [5.74, 6) is -0.0447. The maximum atomic E-state index is 12.6. The number of unbranched alkanes of at least 4 members (excludes halogenated alkanes) is 10. The van der Waals surface area contributed by atoms with Crippen molar-refractivity contribution in [2.75, 3.05) is 12.8 Å². The Labute approximate surface area is 302 Å². The Hall–Kier alpha value is -2.75. The van der Waals surface area contributed by atoms with Gasteiger partial charge in [0.15, 0.2) is 0 Å². The number of esters is 1. The molecule has 1 heterocycles. The van der Waals surface area contributed by atoms with Crippen LogP contribution in [0.3, 0.4) is 0 Å². The summed E-state index contributed by atoms with van der Waals surface area (Å²) in [6, 6.07) is 33.4. The molecule has 48 heavy (non-hydrogen) atoms. The molecule has 4 aromatic rings. The molecular weight excluding hydrogens is 675 g/mol. The number of imidazole rings is 1. The van der Waals surface area contributed by atoms with Crippen LogP contribution in [0, 0.1) is 0 Å². The molecule has 1 atom stereocenters. The first kappa shape index (κ1) is 39.7. The molecule has 1 aromatic heterocycles. The van der Waals surface area contributed by atoms with Gasteiger partial charge in [0.1, 0.15) is 23.2 Å². The van der Waals surface area contributed by atoms with E-state index < -0.39 is 7.26 Å². The number of halogens is 1. The Morgan fingerprint density at radius 1 is 0.667 bits per heavy atom. The van der Waals surface area contributed by atoms with Crippen molar-refractivity contribution >= 4 is 29.1 Å². The van der Waals surface area contributed by atoms with Gasteiger partial charge in [0, 0.05) is 31.3 Å². The molecule has 0 saturated carbocycles. The predicted octanol–water partition coefficient (Wildman–Crippen LogP) is 7.23. The summed E-state index contributed by atoms with van der Waals surface area (Å²) in [4.78, 5) is 16.9. The Kier molecular flexibility index (Phi) is 19.5. The third-order valence-electron chi connectivity index (χ3n) is 9.50. The number of benzene rings is 3. The molecule has 0 spiro atoms. The Morgan fingerprint density at radius 3 is 1.62 bits per heavy atom. The van der Waals surface area contributed by atoms with Crippen molar-refractivity contribution in [1.82, 2.24) is 9.55 Å². The van der Waals surface area contributed by atoms with Crippen LogP contribution in [0.2, 0.25) is 0 Å². The number of hydrogen-bond acceptors (Lipinski definition) is 3. The van der Waals surface area contributed by atoms with Gasteiger partial charge < -0.3 is 26.3 Å². The Bertz CT molecular complexity index is 1260. The van der Waals surface area contributed by atoms with Gasteiger partial charge in [0.2, 0.25) is 0 Å². The van der Waals surface area contributed by atoms with E-state index in [0.29, 0.717) is 19.1 Å². The molecule has 0 aliphatic rings. The topological polar surface area (TPSA) is 44.1 Å². The molecule has 4 rings (SSSR count). The van der Waals surface area contributed by atoms with Gasteiger partial charge >= 0.3 is 5.97 Å². The first-order chi connectivity index (χ1) is 23.2. The lowest BCUT2D eigenvalue weighted by atomic mass is 10.0. The maximum Gasteiger partial charge on any atom is 0.305 e. The third kappa shape index (κ3) is 12.9. The minimum absolute atomic E-state index is 0. The van der Waals surface area contributed by atoms with Crippen LogP contribution < -0.4 is 32.9 Å². The molecule has 0 amide bonds. The smallest absolute Gasteiger partial charge is 0.305 e. The summed E-state index contributed by atoms with van der Waals surface area (Å²) >= 11 is 0. The van der Waals surface area contributed by atoms with Crippen molar-refractivity contribution in [3.8, 4) is 0 Å². The summed E-state index contributed by atoms with van der Waals surface area (Å²) in [7, 11) is -1.87. The first-order valence-electron chi connectivity index (χ1n) is 18.4. The number of nitrogens with zero attached hydrogens (tertiary/aromatic N) is 2. The minimum atomic E-state index is -1.87. The summed E-state index contributed by atoms with van der Waals surface area (Å²) in [6.07, 6.45) is 26.0. The summed E-state index contributed by atoms with van der Waals surface area (Å²) in [5, 5.41) is 4.13. The second-order valence-electron chi connectivity index (χ2n) is 13.0. The summed E-state index contributed by atoms with van der Waals surface area (Å²) < 4.78 is 8.09. The standard InChI is InChI=1S/C42H58N2O2P.BrH/c1-2-3-14-24-38(44-34-33-43-37-44)25-15-9-7-5-4-6-8-10-22-32-42(45)46-35-23-36-47(39-26-16-11-17-27-39,40-28-18-12-19-29-40)41-30-20-13-21-31-41;/h11-13,16-21,26-31,33-34,37-38H,2-10,14-15,22-25,32,35-36H2,1H3;1H/q+1;/p-1. The third-order valence-corrected chi connectivity index (χ3v) is 14.0. The monoisotopic (exact) mass is 732 g/mol. The average molecular weight is 734 g/mol. The number of ether oxygens (including phenoxy) is 1. The molecule has 0 aliphatic carbocycles. The van der Waals surface area contributed by atoms with Crippen LogP contribution in [-0.2, 0) is 9.53 Å². The highest BCUT2D eigenvalue weighted by Gasteiger charge is 2.44.